The summed E-state index contributed by atoms with van der Waals surface area (Å²) in [6.07, 6.45) is 4.31. The van der Waals surface area contributed by atoms with Gasteiger partial charge in [-0.25, -0.2) is 0 Å². The van der Waals surface area contributed by atoms with Gasteiger partial charge in [0.1, 0.15) is 0 Å². The highest BCUT2D eigenvalue weighted by Gasteiger charge is 2.06. The fourth-order valence-electron chi connectivity index (χ4n) is 1.88. The van der Waals surface area contributed by atoms with Gasteiger partial charge in [-0.05, 0) is 35.2 Å². The lowest BCUT2D eigenvalue weighted by molar-refractivity contribution is 1.46. The molecule has 1 aliphatic rings. The molecule has 0 heterocycles. The van der Waals surface area contributed by atoms with Crippen molar-refractivity contribution in [2.45, 2.75) is 6.92 Å². The van der Waals surface area contributed by atoms with Gasteiger partial charge >= 0.3 is 0 Å². The molecule has 2 aromatic rings. The third kappa shape index (κ3) is 1.39. The molecule has 1 aliphatic carbocycles. The van der Waals surface area contributed by atoms with E-state index in [0.717, 1.165) is 0 Å². The predicted octanol–water partition coefficient (Wildman–Crippen LogP) is 4.15. The van der Waals surface area contributed by atoms with Crippen molar-refractivity contribution in [3.8, 4) is 11.1 Å². The monoisotopic (exact) mass is 192 g/mol. The van der Waals surface area contributed by atoms with Crippen LogP contribution in [0.2, 0.25) is 0 Å². The molecule has 72 valence electrons. The minimum atomic E-state index is 1.30. The van der Waals surface area contributed by atoms with E-state index >= 15 is 0 Å². The van der Waals surface area contributed by atoms with E-state index in [1.807, 2.05) is 0 Å². The van der Waals surface area contributed by atoms with Gasteiger partial charge in [-0.2, -0.15) is 0 Å². The second kappa shape index (κ2) is 3.09. The highest BCUT2D eigenvalue weighted by molar-refractivity contribution is 5.88. The Bertz CT molecular complexity index is 530. The third-order valence-electron chi connectivity index (χ3n) is 2.91. The molecule has 0 radical (unpaired) electrons. The Morgan fingerprint density at radius 1 is 0.667 bits per heavy atom. The van der Waals surface area contributed by atoms with Crippen LogP contribution in [0.15, 0.2) is 42.5 Å². The smallest absolute Gasteiger partial charge is 0.0178 e. The fraction of sp³-hybridized carbons (Fsp3) is 0.0667. The van der Waals surface area contributed by atoms with Gasteiger partial charge in [-0.15, -0.1) is 0 Å². The molecule has 2 aromatic carbocycles. The summed E-state index contributed by atoms with van der Waals surface area (Å²) in [6.45, 7) is 2.12. The van der Waals surface area contributed by atoms with Crippen LogP contribution < -0.4 is 0 Å². The number of fused-ring (bicyclic) bond motifs is 1. The summed E-state index contributed by atoms with van der Waals surface area (Å²) >= 11 is 0. The van der Waals surface area contributed by atoms with Crippen molar-refractivity contribution < 1.29 is 0 Å². The topological polar surface area (TPSA) is 0 Å². The first-order chi connectivity index (χ1) is 7.33. The first-order valence-electron chi connectivity index (χ1n) is 5.22. The summed E-state index contributed by atoms with van der Waals surface area (Å²) in [4.78, 5) is 0. The van der Waals surface area contributed by atoms with Gasteiger partial charge in [0.2, 0.25) is 0 Å². The molecule has 0 fully saturated rings. The van der Waals surface area contributed by atoms with Gasteiger partial charge in [0.05, 0.1) is 0 Å². The maximum absolute atomic E-state index is 2.25. The summed E-state index contributed by atoms with van der Waals surface area (Å²) in [5.41, 5.74) is 6.61. The quantitative estimate of drug-likeness (QED) is 0.543. The highest BCUT2D eigenvalue weighted by Crippen LogP contribution is 2.29. The fourth-order valence-corrected chi connectivity index (χ4v) is 1.88. The number of rotatable bonds is 1. The van der Waals surface area contributed by atoms with Crippen LogP contribution in [0.4, 0.5) is 0 Å². The largest absolute Gasteiger partial charge is 0.0587 e. The summed E-state index contributed by atoms with van der Waals surface area (Å²) in [5, 5.41) is 0. The van der Waals surface area contributed by atoms with Gasteiger partial charge in [-0.1, -0.05) is 54.1 Å². The molecule has 0 spiro atoms. The van der Waals surface area contributed by atoms with Crippen LogP contribution in [0, 0.1) is 6.92 Å². The summed E-state index contributed by atoms with van der Waals surface area (Å²) in [6, 6.07) is 15.3. The summed E-state index contributed by atoms with van der Waals surface area (Å²) in [5.74, 6) is 0. The zero-order chi connectivity index (χ0) is 10.3. The van der Waals surface area contributed by atoms with Crippen LogP contribution >= 0.6 is 0 Å². The van der Waals surface area contributed by atoms with Gasteiger partial charge in [-0.3, -0.25) is 0 Å². The molecule has 0 bridgehead atoms. The molecular weight excluding hydrogens is 180 g/mol. The molecule has 0 aromatic heterocycles. The van der Waals surface area contributed by atoms with Crippen molar-refractivity contribution in [3.05, 3.63) is 59.2 Å². The van der Waals surface area contributed by atoms with E-state index in [1.54, 1.807) is 0 Å². The minimum absolute atomic E-state index is 1.30. The Labute approximate surface area is 89.9 Å². The molecule has 3 rings (SSSR count). The van der Waals surface area contributed by atoms with Gasteiger partial charge in [0.15, 0.2) is 0 Å². The van der Waals surface area contributed by atoms with Crippen molar-refractivity contribution in [1.29, 1.82) is 0 Å². The van der Waals surface area contributed by atoms with Crippen LogP contribution in [0.3, 0.4) is 0 Å². The van der Waals surface area contributed by atoms with E-state index in [2.05, 4.69) is 61.5 Å². The summed E-state index contributed by atoms with van der Waals surface area (Å²) < 4.78 is 0. The van der Waals surface area contributed by atoms with Crippen LogP contribution in [-0.2, 0) is 0 Å². The van der Waals surface area contributed by atoms with Gasteiger partial charge in [0.25, 0.3) is 0 Å². The van der Waals surface area contributed by atoms with Crippen LogP contribution in [0.1, 0.15) is 16.7 Å². The van der Waals surface area contributed by atoms with Crippen LogP contribution in [0.5, 0.6) is 0 Å². The molecule has 0 amide bonds. The Morgan fingerprint density at radius 3 is 1.93 bits per heavy atom. The SMILES string of the molecule is Cc1ccc(-c2ccc3c(c2)C=C3)cc1. The number of aryl methyl sites for hydroxylation is 1. The maximum Gasteiger partial charge on any atom is -0.0178 e. The van der Waals surface area contributed by atoms with Crippen molar-refractivity contribution in [1.82, 2.24) is 0 Å². The maximum atomic E-state index is 2.25. The van der Waals surface area contributed by atoms with Crippen LogP contribution in [0.25, 0.3) is 23.3 Å². The van der Waals surface area contributed by atoms with Crippen molar-refractivity contribution in [2.75, 3.05) is 0 Å². The number of benzene rings is 2. The average Bonchev–Trinajstić information content (AvgIpc) is 2.22. The molecule has 0 saturated heterocycles. The second-order valence-corrected chi connectivity index (χ2v) is 4.04. The van der Waals surface area contributed by atoms with Crippen molar-refractivity contribution in [3.63, 3.8) is 0 Å². The molecule has 0 heteroatoms. The molecule has 0 atom stereocenters. The first-order valence-corrected chi connectivity index (χ1v) is 5.22. The van der Waals surface area contributed by atoms with Crippen molar-refractivity contribution >= 4 is 12.2 Å². The van der Waals surface area contributed by atoms with E-state index in [4.69, 9.17) is 0 Å². The van der Waals surface area contributed by atoms with Gasteiger partial charge in [0, 0.05) is 0 Å². The Morgan fingerprint density at radius 2 is 1.33 bits per heavy atom. The standard InChI is InChI=1S/C15H12/c1-11-2-4-12(5-3-11)14-8-6-13-7-9-15(13)10-14/h2-10H,1H3. The van der Waals surface area contributed by atoms with Crippen LogP contribution in [-0.4, -0.2) is 0 Å². The lowest BCUT2D eigenvalue weighted by atomic mass is 9.93. The van der Waals surface area contributed by atoms with E-state index < -0.39 is 0 Å². The first kappa shape index (κ1) is 8.49. The number of hydrogen-bond donors (Lipinski definition) is 0. The molecule has 0 saturated carbocycles. The van der Waals surface area contributed by atoms with E-state index in [0.29, 0.717) is 0 Å². The summed E-state index contributed by atoms with van der Waals surface area (Å²) in [7, 11) is 0. The Kier molecular flexibility index (Phi) is 1.75. The van der Waals surface area contributed by atoms with E-state index in [-0.39, 0.29) is 0 Å². The minimum Gasteiger partial charge on any atom is -0.0587 e. The predicted molar refractivity (Wildman–Crippen MR) is 65.5 cm³/mol. The number of hydrogen-bond acceptors (Lipinski definition) is 0. The highest BCUT2D eigenvalue weighted by atomic mass is 14.1. The molecule has 0 nitrogen and oxygen atoms in total. The molecule has 0 unspecified atom stereocenters. The van der Waals surface area contributed by atoms with Crippen molar-refractivity contribution in [2.24, 2.45) is 0 Å². The Balaban J connectivity index is 2.06. The lowest BCUT2D eigenvalue weighted by Crippen LogP contribution is -1.89. The second-order valence-electron chi connectivity index (χ2n) is 4.04. The molecular formula is C15H12. The molecule has 15 heavy (non-hydrogen) atoms. The van der Waals surface area contributed by atoms with Gasteiger partial charge < -0.3 is 0 Å². The zero-order valence-electron chi connectivity index (χ0n) is 8.70. The lowest BCUT2D eigenvalue weighted by Gasteiger charge is -2.12. The zero-order valence-corrected chi connectivity index (χ0v) is 8.70. The molecule has 0 N–H and O–H groups in total. The Hall–Kier alpha value is -1.82. The average molecular weight is 192 g/mol. The van der Waals surface area contributed by atoms with E-state index in [1.165, 1.54) is 27.8 Å². The molecule has 0 aliphatic heterocycles. The normalized spacial score (nSPS) is 12.1. The third-order valence-corrected chi connectivity index (χ3v) is 2.91. The van der Waals surface area contributed by atoms with E-state index in [9.17, 15) is 0 Å².